The van der Waals surface area contributed by atoms with Gasteiger partial charge in [0, 0.05) is 37.1 Å². The molecule has 1 amide bonds. The van der Waals surface area contributed by atoms with Crippen LogP contribution < -0.4 is 15.4 Å². The third-order valence-corrected chi connectivity index (χ3v) is 5.88. The number of halogens is 2. The largest absolute Gasteiger partial charge is 0.491 e. The van der Waals surface area contributed by atoms with E-state index < -0.39 is 5.82 Å². The highest BCUT2D eigenvalue weighted by Crippen LogP contribution is 2.30. The van der Waals surface area contributed by atoms with Crippen LogP contribution in [0.3, 0.4) is 0 Å². The van der Waals surface area contributed by atoms with Crippen LogP contribution in [0, 0.1) is 5.82 Å². The molecule has 1 fully saturated rings. The molecule has 1 aromatic carbocycles. The lowest BCUT2D eigenvalue weighted by molar-refractivity contribution is 0.0952. The molecule has 0 spiro atoms. The molecule has 0 bridgehead atoms. The summed E-state index contributed by atoms with van der Waals surface area (Å²) in [6, 6.07) is 5.77. The number of nitrogens with zero attached hydrogens (tertiary/aromatic N) is 4. The molecule has 0 saturated carbocycles. The number of hydrogen-bond donors (Lipinski definition) is 3. The molecule has 3 aromatic rings. The molecular weight excluding hydrogens is 475 g/mol. The van der Waals surface area contributed by atoms with Crippen molar-refractivity contribution in [2.45, 2.75) is 18.9 Å². The first-order valence-electron chi connectivity index (χ1n) is 11.2. The Morgan fingerprint density at radius 1 is 1.34 bits per heavy atom. The Morgan fingerprint density at radius 2 is 2.20 bits per heavy atom. The second kappa shape index (κ2) is 11.4. The number of carbonyl (C=O) groups excluding carboxylic acids is 1. The Balaban J connectivity index is 1.48. The van der Waals surface area contributed by atoms with E-state index in [1.54, 1.807) is 12.3 Å². The van der Waals surface area contributed by atoms with Gasteiger partial charge in [-0.3, -0.25) is 9.78 Å². The number of likely N-dealkylation sites (tertiary alicyclic amines) is 1. The normalized spacial score (nSPS) is 15.7. The van der Waals surface area contributed by atoms with Crippen LogP contribution in [0.1, 0.15) is 23.2 Å². The van der Waals surface area contributed by atoms with Gasteiger partial charge in [-0.05, 0) is 43.7 Å². The number of aliphatic hydroxyl groups excluding tert-OH is 1. The van der Waals surface area contributed by atoms with Crippen molar-refractivity contribution in [3.8, 4) is 17.1 Å². The van der Waals surface area contributed by atoms with Crippen molar-refractivity contribution in [1.82, 2.24) is 25.2 Å². The minimum absolute atomic E-state index is 0.111. The fourth-order valence-electron chi connectivity index (χ4n) is 3.84. The summed E-state index contributed by atoms with van der Waals surface area (Å²) in [5.41, 5.74) is 0.913. The molecule has 35 heavy (non-hydrogen) atoms. The Labute approximate surface area is 207 Å². The molecule has 0 radical (unpaired) electrons. The standard InChI is InChI=1S/C24H26ClFN6O3/c1-35-21-13-29-22(17-11-15(25)3-4-19(17)26)31-23(21)30-20-5-8-27-12-18(20)24(34)28-7-2-9-32-10-6-16(33)14-32/h3-5,8,11-13,16,33H,2,6-7,9-10,14H2,1H3,(H,28,34)(H,27,29,30,31)/t16-/m1/s1. The summed E-state index contributed by atoms with van der Waals surface area (Å²) in [6.07, 6.45) is 5.71. The van der Waals surface area contributed by atoms with Crippen molar-refractivity contribution in [2.75, 3.05) is 38.6 Å². The van der Waals surface area contributed by atoms with E-state index in [0.717, 1.165) is 25.9 Å². The minimum Gasteiger partial charge on any atom is -0.491 e. The highest BCUT2D eigenvalue weighted by atomic mass is 35.5. The number of amides is 1. The number of hydrogen-bond acceptors (Lipinski definition) is 8. The minimum atomic E-state index is -0.516. The number of carbonyl (C=O) groups is 1. The predicted octanol–water partition coefficient (Wildman–Crippen LogP) is 3.27. The van der Waals surface area contributed by atoms with Crippen molar-refractivity contribution in [3.63, 3.8) is 0 Å². The molecule has 3 N–H and O–H groups in total. The molecule has 11 heteroatoms. The first kappa shape index (κ1) is 24.8. The molecule has 4 rings (SSSR count). The summed E-state index contributed by atoms with van der Waals surface area (Å²) < 4.78 is 19.7. The number of β-amino-alcohol motifs (C(OH)–C–C–N with tert-alkyl or cyclic N) is 1. The van der Waals surface area contributed by atoms with Gasteiger partial charge in [0.15, 0.2) is 17.4 Å². The Morgan fingerprint density at radius 3 is 2.97 bits per heavy atom. The third-order valence-electron chi connectivity index (χ3n) is 5.65. The first-order valence-corrected chi connectivity index (χ1v) is 11.6. The summed E-state index contributed by atoms with van der Waals surface area (Å²) in [5.74, 6) is -0.133. The van der Waals surface area contributed by atoms with E-state index in [1.165, 1.54) is 37.7 Å². The molecule has 0 unspecified atom stereocenters. The van der Waals surface area contributed by atoms with Gasteiger partial charge < -0.3 is 25.4 Å². The van der Waals surface area contributed by atoms with E-state index >= 15 is 0 Å². The lowest BCUT2D eigenvalue weighted by Crippen LogP contribution is -2.29. The van der Waals surface area contributed by atoms with E-state index in [4.69, 9.17) is 16.3 Å². The smallest absolute Gasteiger partial charge is 0.254 e. The molecule has 184 valence electrons. The number of aromatic nitrogens is 3. The molecule has 1 saturated heterocycles. The highest BCUT2D eigenvalue weighted by molar-refractivity contribution is 6.30. The van der Waals surface area contributed by atoms with Crippen molar-refractivity contribution >= 4 is 29.0 Å². The Bertz CT molecular complexity index is 1200. The molecule has 1 atom stereocenters. The number of pyridine rings is 1. The van der Waals surface area contributed by atoms with Gasteiger partial charge in [-0.15, -0.1) is 0 Å². The molecule has 3 heterocycles. The zero-order valence-electron chi connectivity index (χ0n) is 19.2. The fraction of sp³-hybridized carbons (Fsp3) is 0.333. The lowest BCUT2D eigenvalue weighted by atomic mass is 10.2. The first-order chi connectivity index (χ1) is 16.9. The zero-order chi connectivity index (χ0) is 24.8. The Hall–Kier alpha value is -3.34. The highest BCUT2D eigenvalue weighted by Gasteiger charge is 2.20. The van der Waals surface area contributed by atoms with Crippen LogP contribution >= 0.6 is 11.6 Å². The van der Waals surface area contributed by atoms with Gasteiger partial charge in [-0.25, -0.2) is 14.4 Å². The zero-order valence-corrected chi connectivity index (χ0v) is 19.9. The second-order valence-corrected chi connectivity index (χ2v) is 8.57. The van der Waals surface area contributed by atoms with E-state index in [2.05, 4.69) is 30.5 Å². The predicted molar refractivity (Wildman–Crippen MR) is 131 cm³/mol. The van der Waals surface area contributed by atoms with Gasteiger partial charge in [0.05, 0.1) is 36.2 Å². The molecule has 2 aromatic heterocycles. The second-order valence-electron chi connectivity index (χ2n) is 8.13. The van der Waals surface area contributed by atoms with Gasteiger partial charge in [0.2, 0.25) is 0 Å². The fourth-order valence-corrected chi connectivity index (χ4v) is 4.01. The van der Waals surface area contributed by atoms with Gasteiger partial charge in [-0.1, -0.05) is 11.6 Å². The number of anilines is 2. The maximum Gasteiger partial charge on any atom is 0.254 e. The number of ether oxygens (including phenoxy) is 1. The van der Waals surface area contributed by atoms with Gasteiger partial charge in [0.1, 0.15) is 5.82 Å². The van der Waals surface area contributed by atoms with Crippen molar-refractivity contribution in [1.29, 1.82) is 0 Å². The maximum atomic E-state index is 14.4. The quantitative estimate of drug-likeness (QED) is 0.384. The lowest BCUT2D eigenvalue weighted by Gasteiger charge is -2.16. The van der Waals surface area contributed by atoms with Gasteiger partial charge in [0.25, 0.3) is 5.91 Å². The summed E-state index contributed by atoms with van der Waals surface area (Å²) in [6.45, 7) is 2.82. The average Bonchev–Trinajstić information content (AvgIpc) is 3.28. The van der Waals surface area contributed by atoms with Crippen LogP contribution in [0.15, 0.2) is 42.9 Å². The van der Waals surface area contributed by atoms with Crippen LogP contribution in [0.4, 0.5) is 15.9 Å². The maximum absolute atomic E-state index is 14.4. The van der Waals surface area contributed by atoms with E-state index in [0.29, 0.717) is 35.1 Å². The number of rotatable bonds is 9. The Kier molecular flexibility index (Phi) is 8.06. The molecule has 9 nitrogen and oxygen atoms in total. The third kappa shape index (κ3) is 6.21. The number of benzene rings is 1. The average molecular weight is 501 g/mol. The molecule has 1 aliphatic rings. The number of aliphatic hydroxyl groups is 1. The van der Waals surface area contributed by atoms with Crippen molar-refractivity contribution in [3.05, 3.63) is 59.3 Å². The number of nitrogens with one attached hydrogen (secondary N) is 2. The van der Waals surface area contributed by atoms with Crippen molar-refractivity contribution < 1.29 is 19.0 Å². The topological polar surface area (TPSA) is 112 Å². The van der Waals surface area contributed by atoms with Crippen LogP contribution in [0.2, 0.25) is 5.02 Å². The van der Waals surface area contributed by atoms with Crippen LogP contribution in [-0.4, -0.2) is 70.3 Å². The van der Waals surface area contributed by atoms with Gasteiger partial charge in [-0.2, -0.15) is 0 Å². The number of methoxy groups -OCH3 is 1. The van der Waals surface area contributed by atoms with Crippen LogP contribution in [0.5, 0.6) is 5.75 Å². The van der Waals surface area contributed by atoms with E-state index in [9.17, 15) is 14.3 Å². The SMILES string of the molecule is COc1cnc(-c2cc(Cl)ccc2F)nc1Nc1ccncc1C(=O)NCCCN1CC[C@@H](O)C1. The van der Waals surface area contributed by atoms with Crippen molar-refractivity contribution in [2.24, 2.45) is 0 Å². The summed E-state index contributed by atoms with van der Waals surface area (Å²) in [4.78, 5) is 27.7. The van der Waals surface area contributed by atoms with Gasteiger partial charge >= 0.3 is 0 Å². The van der Waals surface area contributed by atoms with Crippen LogP contribution in [-0.2, 0) is 0 Å². The summed E-state index contributed by atoms with van der Waals surface area (Å²) >= 11 is 6.02. The van der Waals surface area contributed by atoms with E-state index in [1.807, 2.05) is 0 Å². The monoisotopic (exact) mass is 500 g/mol. The van der Waals surface area contributed by atoms with E-state index in [-0.39, 0.29) is 29.2 Å². The van der Waals surface area contributed by atoms with Crippen LogP contribution in [0.25, 0.3) is 11.4 Å². The summed E-state index contributed by atoms with van der Waals surface area (Å²) in [7, 11) is 1.46. The summed E-state index contributed by atoms with van der Waals surface area (Å²) in [5, 5.41) is 16.0. The molecule has 0 aliphatic carbocycles. The molecular formula is C24H26ClFN6O3. The molecule has 1 aliphatic heterocycles.